The summed E-state index contributed by atoms with van der Waals surface area (Å²) in [5.74, 6) is 0.762. The molecule has 0 aliphatic heterocycles. The number of aliphatic hydroxyl groups excluding tert-OH is 1. The summed E-state index contributed by atoms with van der Waals surface area (Å²) in [5.41, 5.74) is 0. The molecule has 90 valence electrons. The molecule has 3 heteroatoms. The van der Waals surface area contributed by atoms with Gasteiger partial charge in [0.15, 0.2) is 0 Å². The molecular formula is C12H25NO2. The van der Waals surface area contributed by atoms with Gasteiger partial charge in [-0.2, -0.15) is 0 Å². The Morgan fingerprint density at radius 2 is 2.07 bits per heavy atom. The maximum atomic E-state index is 9.80. The van der Waals surface area contributed by atoms with Crippen LogP contribution in [0.25, 0.3) is 0 Å². The molecule has 1 atom stereocenters. The van der Waals surface area contributed by atoms with E-state index >= 15 is 0 Å². The van der Waals surface area contributed by atoms with E-state index < -0.39 is 0 Å². The van der Waals surface area contributed by atoms with E-state index in [1.54, 1.807) is 7.11 Å². The van der Waals surface area contributed by atoms with Crippen molar-refractivity contribution in [2.24, 2.45) is 5.92 Å². The number of rotatable bonds is 7. The van der Waals surface area contributed by atoms with E-state index in [1.807, 2.05) is 0 Å². The van der Waals surface area contributed by atoms with Gasteiger partial charge in [0.05, 0.1) is 12.7 Å². The second-order valence-electron chi connectivity index (χ2n) is 4.59. The van der Waals surface area contributed by atoms with Crippen molar-refractivity contribution in [2.75, 3.05) is 26.8 Å². The minimum absolute atomic E-state index is 0.176. The summed E-state index contributed by atoms with van der Waals surface area (Å²) in [4.78, 5) is 0. The third-order valence-electron chi connectivity index (χ3n) is 3.19. The summed E-state index contributed by atoms with van der Waals surface area (Å²) >= 11 is 0. The lowest BCUT2D eigenvalue weighted by atomic mass is 9.85. The Bertz CT molecular complexity index is 147. The molecule has 3 nitrogen and oxygen atoms in total. The van der Waals surface area contributed by atoms with Crippen LogP contribution in [0.15, 0.2) is 0 Å². The van der Waals surface area contributed by atoms with Gasteiger partial charge in [-0.3, -0.25) is 0 Å². The van der Waals surface area contributed by atoms with Crippen LogP contribution in [0.1, 0.15) is 38.5 Å². The summed E-state index contributed by atoms with van der Waals surface area (Å²) in [7, 11) is 1.69. The molecule has 1 unspecified atom stereocenters. The van der Waals surface area contributed by atoms with Gasteiger partial charge in [0.1, 0.15) is 0 Å². The van der Waals surface area contributed by atoms with Crippen LogP contribution in [-0.4, -0.2) is 38.0 Å². The first-order chi connectivity index (χ1) is 7.33. The Morgan fingerprint density at radius 1 is 1.33 bits per heavy atom. The molecule has 0 radical (unpaired) electrons. The van der Waals surface area contributed by atoms with Crippen LogP contribution < -0.4 is 5.32 Å². The van der Waals surface area contributed by atoms with Crippen LogP contribution >= 0.6 is 0 Å². The highest BCUT2D eigenvalue weighted by molar-refractivity contribution is 4.71. The van der Waals surface area contributed by atoms with Crippen molar-refractivity contribution < 1.29 is 9.84 Å². The molecule has 0 aromatic rings. The lowest BCUT2D eigenvalue weighted by Gasteiger charge is -2.24. The molecule has 0 bridgehead atoms. The SMILES string of the molecule is COCCNCC(O)CC1CCCCC1. The third-order valence-corrected chi connectivity index (χ3v) is 3.19. The van der Waals surface area contributed by atoms with E-state index in [0.717, 1.165) is 25.5 Å². The maximum absolute atomic E-state index is 9.80. The van der Waals surface area contributed by atoms with Gasteiger partial charge < -0.3 is 15.2 Å². The zero-order valence-electron chi connectivity index (χ0n) is 9.87. The minimum Gasteiger partial charge on any atom is -0.392 e. The summed E-state index contributed by atoms with van der Waals surface area (Å²) in [5, 5.41) is 13.0. The van der Waals surface area contributed by atoms with Gasteiger partial charge in [0.2, 0.25) is 0 Å². The first kappa shape index (κ1) is 12.9. The van der Waals surface area contributed by atoms with E-state index in [9.17, 15) is 5.11 Å². The van der Waals surface area contributed by atoms with E-state index in [4.69, 9.17) is 4.74 Å². The Labute approximate surface area is 93.2 Å². The van der Waals surface area contributed by atoms with Crippen molar-refractivity contribution in [2.45, 2.75) is 44.6 Å². The summed E-state index contributed by atoms with van der Waals surface area (Å²) < 4.78 is 4.93. The highest BCUT2D eigenvalue weighted by atomic mass is 16.5. The lowest BCUT2D eigenvalue weighted by Crippen LogP contribution is -2.31. The molecule has 1 rings (SSSR count). The van der Waals surface area contributed by atoms with Crippen LogP contribution in [-0.2, 0) is 4.74 Å². The van der Waals surface area contributed by atoms with Crippen LogP contribution in [0.5, 0.6) is 0 Å². The second-order valence-corrected chi connectivity index (χ2v) is 4.59. The quantitative estimate of drug-likeness (QED) is 0.633. The van der Waals surface area contributed by atoms with Gasteiger partial charge in [-0.15, -0.1) is 0 Å². The molecule has 0 aromatic heterocycles. The molecule has 0 aromatic carbocycles. The normalized spacial score (nSPS) is 20.4. The topological polar surface area (TPSA) is 41.5 Å². The van der Waals surface area contributed by atoms with Crippen LogP contribution in [0, 0.1) is 5.92 Å². The second kappa shape index (κ2) is 8.08. The zero-order chi connectivity index (χ0) is 10.9. The van der Waals surface area contributed by atoms with Crippen molar-refractivity contribution in [3.63, 3.8) is 0 Å². The Kier molecular flexibility index (Phi) is 6.98. The van der Waals surface area contributed by atoms with E-state index in [1.165, 1.54) is 32.1 Å². The van der Waals surface area contributed by atoms with Crippen molar-refractivity contribution in [1.82, 2.24) is 5.32 Å². The molecule has 1 saturated carbocycles. The van der Waals surface area contributed by atoms with Crippen molar-refractivity contribution in [1.29, 1.82) is 0 Å². The number of hydrogen-bond donors (Lipinski definition) is 2. The molecule has 0 amide bonds. The fourth-order valence-corrected chi connectivity index (χ4v) is 2.33. The smallest absolute Gasteiger partial charge is 0.0667 e. The largest absolute Gasteiger partial charge is 0.392 e. The van der Waals surface area contributed by atoms with Crippen LogP contribution in [0.3, 0.4) is 0 Å². The molecule has 1 aliphatic rings. The van der Waals surface area contributed by atoms with E-state index in [0.29, 0.717) is 6.54 Å². The monoisotopic (exact) mass is 215 g/mol. The predicted molar refractivity (Wildman–Crippen MR) is 61.9 cm³/mol. The van der Waals surface area contributed by atoms with Crippen molar-refractivity contribution in [3.8, 4) is 0 Å². The average molecular weight is 215 g/mol. The lowest BCUT2D eigenvalue weighted by molar-refractivity contribution is 0.124. The number of ether oxygens (including phenoxy) is 1. The molecule has 0 spiro atoms. The van der Waals surface area contributed by atoms with Crippen LogP contribution in [0.2, 0.25) is 0 Å². The van der Waals surface area contributed by atoms with Gasteiger partial charge in [-0.25, -0.2) is 0 Å². The number of nitrogens with one attached hydrogen (secondary N) is 1. The molecule has 0 saturated heterocycles. The van der Waals surface area contributed by atoms with E-state index in [2.05, 4.69) is 5.32 Å². The predicted octanol–water partition coefficient (Wildman–Crippen LogP) is 1.55. The third kappa shape index (κ3) is 6.13. The van der Waals surface area contributed by atoms with Crippen molar-refractivity contribution in [3.05, 3.63) is 0 Å². The van der Waals surface area contributed by atoms with Gasteiger partial charge in [-0.1, -0.05) is 32.1 Å². The van der Waals surface area contributed by atoms with Crippen LogP contribution in [0.4, 0.5) is 0 Å². The highest BCUT2D eigenvalue weighted by Gasteiger charge is 2.16. The molecule has 1 aliphatic carbocycles. The number of hydrogen-bond acceptors (Lipinski definition) is 3. The first-order valence-corrected chi connectivity index (χ1v) is 6.20. The minimum atomic E-state index is -0.176. The van der Waals surface area contributed by atoms with E-state index in [-0.39, 0.29) is 6.10 Å². The van der Waals surface area contributed by atoms with Crippen molar-refractivity contribution >= 4 is 0 Å². The fourth-order valence-electron chi connectivity index (χ4n) is 2.33. The molecule has 2 N–H and O–H groups in total. The average Bonchev–Trinajstić information content (AvgIpc) is 2.26. The number of methoxy groups -OCH3 is 1. The summed E-state index contributed by atoms with van der Waals surface area (Å²) in [6.45, 7) is 2.26. The Balaban J connectivity index is 1.98. The zero-order valence-corrected chi connectivity index (χ0v) is 9.87. The molecule has 0 heterocycles. The Morgan fingerprint density at radius 3 is 2.73 bits per heavy atom. The molecule has 1 fully saturated rings. The van der Waals surface area contributed by atoms with Gasteiger partial charge in [-0.05, 0) is 12.3 Å². The summed E-state index contributed by atoms with van der Waals surface area (Å²) in [6.07, 6.45) is 7.52. The first-order valence-electron chi connectivity index (χ1n) is 6.20. The fraction of sp³-hybridized carbons (Fsp3) is 1.00. The standard InChI is InChI=1S/C12H25NO2/c1-15-8-7-13-10-12(14)9-11-5-3-2-4-6-11/h11-14H,2-10H2,1H3. The highest BCUT2D eigenvalue weighted by Crippen LogP contribution is 2.27. The van der Waals surface area contributed by atoms with Gasteiger partial charge >= 0.3 is 0 Å². The Hall–Kier alpha value is -0.120. The van der Waals surface area contributed by atoms with Gasteiger partial charge in [0.25, 0.3) is 0 Å². The molecular weight excluding hydrogens is 190 g/mol. The maximum Gasteiger partial charge on any atom is 0.0667 e. The number of aliphatic hydroxyl groups is 1. The molecule has 15 heavy (non-hydrogen) atoms. The summed E-state index contributed by atoms with van der Waals surface area (Å²) in [6, 6.07) is 0. The van der Waals surface area contributed by atoms with Gasteiger partial charge in [0, 0.05) is 20.2 Å².